The molecule has 41 heavy (non-hydrogen) atoms. The molecular formula is C26H43N3O10S2. The van der Waals surface area contributed by atoms with Gasteiger partial charge in [-0.2, -0.15) is 0 Å². The van der Waals surface area contributed by atoms with Gasteiger partial charge < -0.3 is 34.1 Å². The Labute approximate surface area is 249 Å². The Balaban J connectivity index is 2.02. The van der Waals surface area contributed by atoms with Crippen molar-refractivity contribution in [2.45, 2.75) is 75.0 Å². The zero-order chi connectivity index (χ0) is 30.5. The predicted molar refractivity (Wildman–Crippen MR) is 156 cm³/mol. The van der Waals surface area contributed by atoms with Gasteiger partial charge in [0, 0.05) is 43.9 Å². The summed E-state index contributed by atoms with van der Waals surface area (Å²) < 4.78 is 26.7. The number of rotatable bonds is 24. The normalized spacial score (nSPS) is 13.0. The van der Waals surface area contributed by atoms with Crippen LogP contribution in [-0.4, -0.2) is 97.3 Å². The molecular weight excluding hydrogens is 578 g/mol. The summed E-state index contributed by atoms with van der Waals surface area (Å²) in [4.78, 5) is 38.2. The van der Waals surface area contributed by atoms with Gasteiger partial charge in [0.1, 0.15) is 17.8 Å². The molecule has 0 bridgehead atoms. The number of aromatic nitrogens is 1. The summed E-state index contributed by atoms with van der Waals surface area (Å²) >= 11 is 0. The van der Waals surface area contributed by atoms with Crippen LogP contribution >= 0.6 is 21.6 Å². The number of carbonyl (C=O) groups is 2. The number of nitro groups is 1. The Morgan fingerprint density at radius 1 is 1.17 bits per heavy atom. The molecule has 13 nitrogen and oxygen atoms in total. The SMILES string of the molecule is CCC(CO)OC(COC(=O)CCCC(=O)NCCOCCOCCC(C)(C)SSc1ccc([N+](=O)[O-])cn1)OC. The molecule has 0 aliphatic heterocycles. The summed E-state index contributed by atoms with van der Waals surface area (Å²) in [5, 5.41) is 23.3. The molecule has 0 aliphatic carbocycles. The second-order valence-corrected chi connectivity index (χ2v) is 12.3. The molecule has 1 heterocycles. The first kappa shape index (κ1) is 37.0. The van der Waals surface area contributed by atoms with Crippen LogP contribution in [0.3, 0.4) is 0 Å². The third-order valence-electron chi connectivity index (χ3n) is 5.50. The molecule has 0 fully saturated rings. The molecule has 15 heteroatoms. The Bertz CT molecular complexity index is 889. The average Bonchev–Trinajstić information content (AvgIpc) is 2.95. The third kappa shape index (κ3) is 18.2. The summed E-state index contributed by atoms with van der Waals surface area (Å²) in [6.07, 6.45) is 2.15. The molecule has 0 radical (unpaired) electrons. The number of hydrogen-bond acceptors (Lipinski definition) is 13. The van der Waals surface area contributed by atoms with E-state index in [1.54, 1.807) is 16.9 Å². The minimum absolute atomic E-state index is 0.0309. The predicted octanol–water partition coefficient (Wildman–Crippen LogP) is 3.52. The summed E-state index contributed by atoms with van der Waals surface area (Å²) in [5.41, 5.74) is -0.0309. The summed E-state index contributed by atoms with van der Waals surface area (Å²) in [6, 6.07) is 3.08. The van der Waals surface area contributed by atoms with Crippen LogP contribution < -0.4 is 5.32 Å². The van der Waals surface area contributed by atoms with Gasteiger partial charge in [-0.25, -0.2) is 4.98 Å². The van der Waals surface area contributed by atoms with E-state index in [4.69, 9.17) is 23.7 Å². The number of aliphatic hydroxyl groups excluding tert-OH is 1. The maximum atomic E-state index is 11.9. The number of pyridine rings is 1. The van der Waals surface area contributed by atoms with Crippen molar-refractivity contribution >= 4 is 39.2 Å². The fourth-order valence-corrected chi connectivity index (χ4v) is 5.17. The molecule has 1 amide bonds. The van der Waals surface area contributed by atoms with Crippen LogP contribution in [-0.2, 0) is 33.3 Å². The van der Waals surface area contributed by atoms with Gasteiger partial charge in [0.15, 0.2) is 6.29 Å². The summed E-state index contributed by atoms with van der Waals surface area (Å²) in [6.45, 7) is 7.91. The number of hydrogen-bond donors (Lipinski definition) is 2. The molecule has 1 aromatic rings. The van der Waals surface area contributed by atoms with Crippen LogP contribution in [0.5, 0.6) is 0 Å². The zero-order valence-electron chi connectivity index (χ0n) is 24.2. The molecule has 0 aromatic carbocycles. The van der Waals surface area contributed by atoms with Gasteiger partial charge in [0.05, 0.1) is 37.5 Å². The van der Waals surface area contributed by atoms with Gasteiger partial charge in [0.25, 0.3) is 5.69 Å². The van der Waals surface area contributed by atoms with Crippen LogP contribution in [0.1, 0.15) is 52.9 Å². The lowest BCUT2D eigenvalue weighted by Crippen LogP contribution is -2.30. The highest BCUT2D eigenvalue weighted by molar-refractivity contribution is 8.77. The van der Waals surface area contributed by atoms with Crippen molar-refractivity contribution in [3.8, 4) is 0 Å². The number of nitrogens with zero attached hydrogens (tertiary/aromatic N) is 2. The first-order valence-corrected chi connectivity index (χ1v) is 15.6. The Kier molecular flexibility index (Phi) is 19.6. The second-order valence-electron chi connectivity index (χ2n) is 9.41. The fourth-order valence-electron chi connectivity index (χ4n) is 2.99. The van der Waals surface area contributed by atoms with Crippen LogP contribution in [0.25, 0.3) is 0 Å². The highest BCUT2D eigenvalue weighted by Crippen LogP contribution is 2.41. The van der Waals surface area contributed by atoms with E-state index in [9.17, 15) is 24.8 Å². The maximum absolute atomic E-state index is 11.9. The van der Waals surface area contributed by atoms with E-state index >= 15 is 0 Å². The summed E-state index contributed by atoms with van der Waals surface area (Å²) in [5.74, 6) is -0.628. The molecule has 0 spiro atoms. The standard InChI is InChI=1S/C26H43N3O10S2/c1-5-21(18-30)39-25(35-4)19-38-24(32)8-6-7-22(31)27-12-14-37-16-15-36-13-11-26(2,3)41-40-23-10-9-20(17-28-23)29(33)34/h9-10,17,21,25,30H,5-8,11-16,18-19H2,1-4H3,(H,27,31). The lowest BCUT2D eigenvalue weighted by Gasteiger charge is -2.22. The highest BCUT2D eigenvalue weighted by Gasteiger charge is 2.20. The van der Waals surface area contributed by atoms with E-state index in [2.05, 4.69) is 24.1 Å². The molecule has 2 unspecified atom stereocenters. The number of nitrogens with one attached hydrogen (secondary N) is 1. The first-order valence-electron chi connectivity index (χ1n) is 13.4. The largest absolute Gasteiger partial charge is 0.460 e. The molecule has 0 saturated carbocycles. The van der Waals surface area contributed by atoms with E-state index in [-0.39, 0.29) is 48.5 Å². The zero-order valence-corrected chi connectivity index (χ0v) is 25.8. The number of aliphatic hydroxyl groups is 1. The lowest BCUT2D eigenvalue weighted by atomic mass is 10.1. The van der Waals surface area contributed by atoms with Crippen molar-refractivity contribution in [1.29, 1.82) is 0 Å². The molecule has 2 N–H and O–H groups in total. The van der Waals surface area contributed by atoms with Crippen LogP contribution in [0.4, 0.5) is 5.69 Å². The smallest absolute Gasteiger partial charge is 0.305 e. The number of carbonyl (C=O) groups excluding carboxylic acids is 2. The van der Waals surface area contributed by atoms with Gasteiger partial charge >= 0.3 is 5.97 Å². The molecule has 234 valence electrons. The number of amides is 1. The van der Waals surface area contributed by atoms with Gasteiger partial charge in [-0.3, -0.25) is 19.7 Å². The fraction of sp³-hybridized carbons (Fsp3) is 0.731. The average molecular weight is 622 g/mol. The van der Waals surface area contributed by atoms with Gasteiger partial charge in [-0.15, -0.1) is 0 Å². The van der Waals surface area contributed by atoms with Crippen molar-refractivity contribution in [3.63, 3.8) is 0 Å². The van der Waals surface area contributed by atoms with Crippen molar-refractivity contribution in [3.05, 3.63) is 28.4 Å². The van der Waals surface area contributed by atoms with Crippen LogP contribution in [0.15, 0.2) is 23.4 Å². The third-order valence-corrected chi connectivity index (χ3v) is 8.77. The number of ether oxygens (including phenoxy) is 5. The molecule has 0 aliphatic rings. The van der Waals surface area contributed by atoms with Crippen molar-refractivity contribution in [1.82, 2.24) is 10.3 Å². The van der Waals surface area contributed by atoms with Gasteiger partial charge in [0.2, 0.25) is 5.91 Å². The quantitative estimate of drug-likeness (QED) is 0.0430. The van der Waals surface area contributed by atoms with Crippen molar-refractivity contribution in [2.24, 2.45) is 0 Å². The Morgan fingerprint density at radius 3 is 2.51 bits per heavy atom. The van der Waals surface area contributed by atoms with Gasteiger partial charge in [-0.05, 0) is 50.0 Å². The minimum atomic E-state index is -0.756. The Hall–Kier alpha value is -2.01. The van der Waals surface area contributed by atoms with Crippen molar-refractivity contribution < 1.29 is 43.3 Å². The topological polar surface area (TPSA) is 169 Å². The van der Waals surface area contributed by atoms with E-state index in [1.807, 2.05) is 6.92 Å². The highest BCUT2D eigenvalue weighted by atomic mass is 33.1. The second kappa shape index (κ2) is 21.7. The molecule has 1 aromatic heterocycles. The summed E-state index contributed by atoms with van der Waals surface area (Å²) in [7, 11) is 4.53. The molecule has 1 rings (SSSR count). The van der Waals surface area contributed by atoms with Crippen LogP contribution in [0.2, 0.25) is 0 Å². The van der Waals surface area contributed by atoms with Crippen LogP contribution in [0, 0.1) is 10.1 Å². The van der Waals surface area contributed by atoms with E-state index < -0.39 is 17.2 Å². The minimum Gasteiger partial charge on any atom is -0.460 e. The van der Waals surface area contributed by atoms with Crippen molar-refractivity contribution in [2.75, 3.05) is 53.3 Å². The number of methoxy groups -OCH3 is 1. The lowest BCUT2D eigenvalue weighted by molar-refractivity contribution is -0.385. The maximum Gasteiger partial charge on any atom is 0.305 e. The van der Waals surface area contributed by atoms with E-state index in [0.717, 1.165) is 6.42 Å². The Morgan fingerprint density at radius 2 is 1.90 bits per heavy atom. The van der Waals surface area contributed by atoms with Gasteiger partial charge in [-0.1, -0.05) is 17.7 Å². The number of esters is 1. The first-order chi connectivity index (χ1) is 19.6. The monoisotopic (exact) mass is 621 g/mol. The van der Waals surface area contributed by atoms with E-state index in [0.29, 0.717) is 50.8 Å². The van der Waals surface area contributed by atoms with E-state index in [1.165, 1.54) is 30.2 Å². The molecule has 0 saturated heterocycles. The molecule has 2 atom stereocenters.